The van der Waals surface area contributed by atoms with Gasteiger partial charge in [-0.2, -0.15) is 0 Å². The van der Waals surface area contributed by atoms with Crippen LogP contribution >= 0.6 is 11.6 Å². The van der Waals surface area contributed by atoms with Crippen LogP contribution in [0.25, 0.3) is 0 Å². The molecule has 3 nitrogen and oxygen atoms in total. The SMILES string of the molecule is CC(=O)N(CCCCCC(=O)Cl)c1ccccc1. The molecule has 0 saturated carbocycles. The van der Waals surface area contributed by atoms with Gasteiger partial charge in [-0.25, -0.2) is 0 Å². The molecule has 0 atom stereocenters. The quantitative estimate of drug-likeness (QED) is 0.561. The van der Waals surface area contributed by atoms with Crippen molar-refractivity contribution in [3.63, 3.8) is 0 Å². The Hall–Kier alpha value is -1.35. The van der Waals surface area contributed by atoms with E-state index in [1.54, 1.807) is 11.8 Å². The number of amides is 1. The van der Waals surface area contributed by atoms with Crippen LogP contribution in [0.4, 0.5) is 5.69 Å². The summed E-state index contributed by atoms with van der Waals surface area (Å²) in [6.45, 7) is 2.24. The van der Waals surface area contributed by atoms with Gasteiger partial charge in [-0.15, -0.1) is 0 Å². The molecule has 0 bridgehead atoms. The Labute approximate surface area is 113 Å². The van der Waals surface area contributed by atoms with Crippen LogP contribution in [0.1, 0.15) is 32.6 Å². The van der Waals surface area contributed by atoms with E-state index in [0.717, 1.165) is 24.9 Å². The first-order valence-electron chi connectivity index (χ1n) is 6.12. The Kier molecular flexibility index (Phi) is 6.44. The minimum atomic E-state index is -0.290. The minimum Gasteiger partial charge on any atom is -0.313 e. The topological polar surface area (TPSA) is 37.4 Å². The highest BCUT2D eigenvalue weighted by molar-refractivity contribution is 6.63. The molecule has 0 spiro atoms. The van der Waals surface area contributed by atoms with E-state index in [1.807, 2.05) is 30.3 Å². The predicted octanol–water partition coefficient (Wildman–Crippen LogP) is 3.37. The van der Waals surface area contributed by atoms with Crippen molar-refractivity contribution in [2.75, 3.05) is 11.4 Å². The number of halogens is 1. The normalized spacial score (nSPS) is 10.1. The molecule has 0 aliphatic rings. The summed E-state index contributed by atoms with van der Waals surface area (Å²) in [7, 11) is 0. The summed E-state index contributed by atoms with van der Waals surface area (Å²) >= 11 is 5.26. The average molecular weight is 268 g/mol. The van der Waals surface area contributed by atoms with Crippen LogP contribution < -0.4 is 4.90 Å². The fourth-order valence-corrected chi connectivity index (χ4v) is 1.92. The maximum Gasteiger partial charge on any atom is 0.223 e. The highest BCUT2D eigenvalue weighted by Crippen LogP contribution is 2.15. The van der Waals surface area contributed by atoms with Crippen molar-refractivity contribution in [1.82, 2.24) is 0 Å². The van der Waals surface area contributed by atoms with Crippen LogP contribution in [0.5, 0.6) is 0 Å². The lowest BCUT2D eigenvalue weighted by molar-refractivity contribution is -0.116. The number of unbranched alkanes of at least 4 members (excludes halogenated alkanes) is 2. The Morgan fingerprint density at radius 2 is 1.78 bits per heavy atom. The molecule has 0 N–H and O–H groups in total. The minimum absolute atomic E-state index is 0.0367. The summed E-state index contributed by atoms with van der Waals surface area (Å²) in [6.07, 6.45) is 2.96. The van der Waals surface area contributed by atoms with Crippen LogP contribution in [0.3, 0.4) is 0 Å². The fourth-order valence-electron chi connectivity index (χ4n) is 1.79. The summed E-state index contributed by atoms with van der Waals surface area (Å²) in [4.78, 5) is 23.9. The summed E-state index contributed by atoms with van der Waals surface area (Å²) in [5.41, 5.74) is 0.915. The van der Waals surface area contributed by atoms with Crippen molar-refractivity contribution < 1.29 is 9.59 Å². The molecule has 0 heterocycles. The molecule has 0 aliphatic carbocycles. The first-order chi connectivity index (χ1) is 8.61. The summed E-state index contributed by atoms with van der Waals surface area (Å²) < 4.78 is 0. The average Bonchev–Trinajstić information content (AvgIpc) is 2.34. The summed E-state index contributed by atoms with van der Waals surface area (Å²) in [6, 6.07) is 9.59. The Bertz CT molecular complexity index is 392. The van der Waals surface area contributed by atoms with Crippen molar-refractivity contribution in [3.8, 4) is 0 Å². The zero-order chi connectivity index (χ0) is 13.4. The fraction of sp³-hybridized carbons (Fsp3) is 0.429. The maximum atomic E-state index is 11.6. The van der Waals surface area contributed by atoms with Gasteiger partial charge in [0.25, 0.3) is 0 Å². The van der Waals surface area contributed by atoms with Crippen molar-refractivity contribution in [2.24, 2.45) is 0 Å². The largest absolute Gasteiger partial charge is 0.313 e. The molecule has 1 aromatic carbocycles. The second-order valence-corrected chi connectivity index (χ2v) is 4.59. The number of carbonyl (C=O) groups is 2. The Morgan fingerprint density at radius 3 is 2.33 bits per heavy atom. The molecule has 1 aromatic rings. The molecule has 18 heavy (non-hydrogen) atoms. The predicted molar refractivity (Wildman–Crippen MR) is 73.8 cm³/mol. The number of hydrogen-bond acceptors (Lipinski definition) is 2. The van der Waals surface area contributed by atoms with Gasteiger partial charge in [-0.1, -0.05) is 24.6 Å². The molecule has 98 valence electrons. The lowest BCUT2D eigenvalue weighted by Gasteiger charge is -2.21. The molecule has 0 aliphatic heterocycles. The molecule has 1 amide bonds. The molecule has 0 fully saturated rings. The van der Waals surface area contributed by atoms with Crippen molar-refractivity contribution in [3.05, 3.63) is 30.3 Å². The van der Waals surface area contributed by atoms with Crippen molar-refractivity contribution in [2.45, 2.75) is 32.6 Å². The number of nitrogens with zero attached hydrogens (tertiary/aromatic N) is 1. The monoisotopic (exact) mass is 267 g/mol. The molecule has 0 saturated heterocycles. The van der Waals surface area contributed by atoms with Crippen LogP contribution in [0, 0.1) is 0 Å². The summed E-state index contributed by atoms with van der Waals surface area (Å²) in [5.74, 6) is 0.0367. The van der Waals surface area contributed by atoms with Crippen LogP contribution in [-0.2, 0) is 9.59 Å². The third kappa shape index (κ3) is 5.32. The van der Waals surface area contributed by atoms with E-state index in [9.17, 15) is 9.59 Å². The van der Waals surface area contributed by atoms with Gasteiger partial charge in [0.2, 0.25) is 11.1 Å². The third-order valence-electron chi connectivity index (χ3n) is 2.70. The van der Waals surface area contributed by atoms with Gasteiger partial charge in [0.15, 0.2) is 0 Å². The van der Waals surface area contributed by atoms with Gasteiger partial charge in [0, 0.05) is 25.6 Å². The molecule has 4 heteroatoms. The van der Waals surface area contributed by atoms with Crippen LogP contribution in [0.2, 0.25) is 0 Å². The number of benzene rings is 1. The van der Waals surface area contributed by atoms with Crippen LogP contribution in [0.15, 0.2) is 30.3 Å². The van der Waals surface area contributed by atoms with E-state index in [4.69, 9.17) is 11.6 Å². The van der Waals surface area contributed by atoms with Gasteiger partial charge in [0.1, 0.15) is 0 Å². The maximum absolute atomic E-state index is 11.6. The van der Waals surface area contributed by atoms with Gasteiger partial charge in [0.05, 0.1) is 0 Å². The van der Waals surface area contributed by atoms with Crippen molar-refractivity contribution >= 4 is 28.4 Å². The van der Waals surface area contributed by atoms with E-state index in [0.29, 0.717) is 13.0 Å². The van der Waals surface area contributed by atoms with Gasteiger partial charge >= 0.3 is 0 Å². The Morgan fingerprint density at radius 1 is 1.11 bits per heavy atom. The first-order valence-corrected chi connectivity index (χ1v) is 6.50. The van der Waals surface area contributed by atoms with Crippen molar-refractivity contribution in [1.29, 1.82) is 0 Å². The van der Waals surface area contributed by atoms with E-state index in [-0.39, 0.29) is 11.1 Å². The zero-order valence-corrected chi connectivity index (χ0v) is 11.3. The Balaban J connectivity index is 2.41. The second kappa shape index (κ2) is 7.88. The second-order valence-electron chi connectivity index (χ2n) is 4.17. The highest BCUT2D eigenvalue weighted by atomic mass is 35.5. The lowest BCUT2D eigenvalue weighted by Crippen LogP contribution is -2.29. The number of hydrogen-bond donors (Lipinski definition) is 0. The van der Waals surface area contributed by atoms with E-state index in [1.165, 1.54) is 0 Å². The number of carbonyl (C=O) groups excluding carboxylic acids is 2. The molecule has 0 radical (unpaired) electrons. The van der Waals surface area contributed by atoms with Gasteiger partial charge in [-0.3, -0.25) is 9.59 Å². The van der Waals surface area contributed by atoms with E-state index < -0.39 is 0 Å². The van der Waals surface area contributed by atoms with E-state index in [2.05, 4.69) is 0 Å². The van der Waals surface area contributed by atoms with Gasteiger partial charge in [-0.05, 0) is 36.6 Å². The molecule has 0 unspecified atom stereocenters. The van der Waals surface area contributed by atoms with Gasteiger partial charge < -0.3 is 4.90 Å². The molecular formula is C14H18ClNO2. The lowest BCUT2D eigenvalue weighted by atomic mass is 10.2. The number of rotatable bonds is 7. The zero-order valence-electron chi connectivity index (χ0n) is 10.6. The number of anilines is 1. The molecule has 0 aromatic heterocycles. The smallest absolute Gasteiger partial charge is 0.223 e. The highest BCUT2D eigenvalue weighted by Gasteiger charge is 2.10. The standard InChI is InChI=1S/C14H18ClNO2/c1-12(17)16(13-8-4-2-5-9-13)11-7-3-6-10-14(15)18/h2,4-5,8-9H,3,6-7,10-11H2,1H3. The third-order valence-corrected chi connectivity index (χ3v) is 2.89. The first kappa shape index (κ1) is 14.7. The van der Waals surface area contributed by atoms with E-state index >= 15 is 0 Å². The molecule has 1 rings (SSSR count). The number of para-hydroxylation sites is 1. The van der Waals surface area contributed by atoms with Crippen LogP contribution in [-0.4, -0.2) is 17.7 Å². The summed E-state index contributed by atoms with van der Waals surface area (Å²) in [5, 5.41) is -0.290. The molecular weight excluding hydrogens is 250 g/mol.